The first-order valence-corrected chi connectivity index (χ1v) is 6.33. The van der Waals surface area contributed by atoms with Gasteiger partial charge in [0.1, 0.15) is 0 Å². The van der Waals surface area contributed by atoms with Crippen LogP contribution in [0.15, 0.2) is 35.1 Å². The molecular weight excluding hydrogens is 212 g/mol. The Labute approximate surface area is 103 Å². The number of rotatable bonds is 7. The lowest BCUT2D eigenvalue weighted by Crippen LogP contribution is -2.25. The van der Waals surface area contributed by atoms with Crippen molar-refractivity contribution in [1.29, 1.82) is 0 Å². The van der Waals surface area contributed by atoms with Crippen molar-refractivity contribution in [3.05, 3.63) is 40.6 Å². The predicted octanol–water partition coefficient (Wildman–Crippen LogP) is 2.19. The van der Waals surface area contributed by atoms with E-state index in [0.717, 1.165) is 32.6 Å². The molecule has 0 spiro atoms. The zero-order valence-electron chi connectivity index (χ0n) is 10.8. The highest BCUT2D eigenvalue weighted by Gasteiger charge is 1.99. The molecule has 0 saturated heterocycles. The molecule has 0 atom stereocenters. The van der Waals surface area contributed by atoms with Crippen LogP contribution < -0.4 is 10.7 Å². The molecule has 0 amide bonds. The molecule has 1 aromatic carbocycles. The molecular formula is C14H22N2O. The van der Waals surface area contributed by atoms with E-state index in [1.165, 1.54) is 0 Å². The van der Waals surface area contributed by atoms with Gasteiger partial charge in [0.15, 0.2) is 0 Å². The van der Waals surface area contributed by atoms with Crippen molar-refractivity contribution >= 4 is 5.69 Å². The van der Waals surface area contributed by atoms with Gasteiger partial charge in [-0.2, -0.15) is 0 Å². The summed E-state index contributed by atoms with van der Waals surface area (Å²) >= 11 is 0. The predicted molar refractivity (Wildman–Crippen MR) is 73.6 cm³/mol. The van der Waals surface area contributed by atoms with Crippen molar-refractivity contribution in [2.75, 3.05) is 31.5 Å². The Morgan fingerprint density at radius 3 is 2.53 bits per heavy atom. The first kappa shape index (κ1) is 13.7. The zero-order chi connectivity index (χ0) is 12.5. The molecule has 0 aromatic heterocycles. The molecule has 0 heterocycles. The second-order valence-electron chi connectivity index (χ2n) is 4.00. The van der Waals surface area contributed by atoms with Crippen molar-refractivity contribution in [3.8, 4) is 0 Å². The highest BCUT2D eigenvalue weighted by molar-refractivity contribution is 5.41. The molecule has 0 fully saturated rings. The van der Waals surface area contributed by atoms with Crippen molar-refractivity contribution in [2.45, 2.75) is 20.3 Å². The van der Waals surface area contributed by atoms with Gasteiger partial charge in [0, 0.05) is 6.54 Å². The fourth-order valence-electron chi connectivity index (χ4n) is 1.74. The summed E-state index contributed by atoms with van der Waals surface area (Å²) in [5.74, 6) is 0. The van der Waals surface area contributed by atoms with Crippen molar-refractivity contribution in [1.82, 2.24) is 4.90 Å². The van der Waals surface area contributed by atoms with Gasteiger partial charge >= 0.3 is 0 Å². The van der Waals surface area contributed by atoms with Crippen LogP contribution in [0.2, 0.25) is 0 Å². The number of hydrogen-bond acceptors (Lipinski definition) is 3. The van der Waals surface area contributed by atoms with Gasteiger partial charge in [-0.05, 0) is 38.2 Å². The fourth-order valence-corrected chi connectivity index (χ4v) is 1.74. The summed E-state index contributed by atoms with van der Waals surface area (Å²) in [7, 11) is 0. The molecule has 0 saturated carbocycles. The van der Waals surface area contributed by atoms with E-state index in [1.54, 1.807) is 12.1 Å². The summed E-state index contributed by atoms with van der Waals surface area (Å²) in [4.78, 5) is 14.0. The van der Waals surface area contributed by atoms with Gasteiger partial charge < -0.3 is 10.2 Å². The van der Waals surface area contributed by atoms with Crippen LogP contribution in [0.1, 0.15) is 20.3 Å². The molecule has 1 aromatic rings. The number of nitrogens with one attached hydrogen (secondary N) is 1. The lowest BCUT2D eigenvalue weighted by molar-refractivity contribution is 0.303. The smallest absolute Gasteiger partial charge is 0.201 e. The molecule has 17 heavy (non-hydrogen) atoms. The van der Waals surface area contributed by atoms with Gasteiger partial charge in [-0.3, -0.25) is 4.79 Å². The van der Waals surface area contributed by atoms with E-state index < -0.39 is 0 Å². The minimum absolute atomic E-state index is 0.0536. The Kier molecular flexibility index (Phi) is 6.33. The normalized spacial score (nSPS) is 10.5. The van der Waals surface area contributed by atoms with Crippen LogP contribution in [-0.4, -0.2) is 31.1 Å². The van der Waals surface area contributed by atoms with E-state index >= 15 is 0 Å². The molecule has 3 heteroatoms. The average Bonchev–Trinajstić information content (AvgIpc) is 2.55. The molecule has 0 aliphatic rings. The first-order chi connectivity index (χ1) is 8.27. The van der Waals surface area contributed by atoms with Crippen LogP contribution in [0.3, 0.4) is 0 Å². The van der Waals surface area contributed by atoms with E-state index in [1.807, 2.05) is 18.2 Å². The van der Waals surface area contributed by atoms with Crippen LogP contribution in [0.4, 0.5) is 5.69 Å². The first-order valence-electron chi connectivity index (χ1n) is 6.33. The minimum Gasteiger partial charge on any atom is -0.382 e. The number of anilines is 1. The van der Waals surface area contributed by atoms with E-state index in [0.29, 0.717) is 5.69 Å². The van der Waals surface area contributed by atoms with E-state index in [4.69, 9.17) is 0 Å². The standard InChI is InChI=1S/C14H22N2O/c1-3-16(4-2)12-8-11-15-13-9-6-5-7-10-14(13)17/h5-7,9-10H,3-4,8,11-12H2,1-2H3,(H,15,17). The molecule has 1 rings (SSSR count). The Morgan fingerprint density at radius 1 is 1.12 bits per heavy atom. The number of hydrogen-bond donors (Lipinski definition) is 1. The Morgan fingerprint density at radius 2 is 1.82 bits per heavy atom. The largest absolute Gasteiger partial charge is 0.382 e. The van der Waals surface area contributed by atoms with Gasteiger partial charge in [-0.1, -0.05) is 32.0 Å². The maximum absolute atomic E-state index is 11.6. The van der Waals surface area contributed by atoms with Gasteiger partial charge in [-0.25, -0.2) is 0 Å². The fraction of sp³-hybridized carbons (Fsp3) is 0.500. The SMILES string of the molecule is CCN(CC)CCCNc1cccccc1=O. The molecule has 3 nitrogen and oxygen atoms in total. The van der Waals surface area contributed by atoms with Gasteiger partial charge in [0.25, 0.3) is 0 Å². The summed E-state index contributed by atoms with van der Waals surface area (Å²) in [6, 6.07) is 8.94. The summed E-state index contributed by atoms with van der Waals surface area (Å²) in [5, 5.41) is 3.20. The van der Waals surface area contributed by atoms with Crippen molar-refractivity contribution in [3.63, 3.8) is 0 Å². The van der Waals surface area contributed by atoms with E-state index in [9.17, 15) is 4.79 Å². The van der Waals surface area contributed by atoms with E-state index in [-0.39, 0.29) is 5.43 Å². The van der Waals surface area contributed by atoms with Gasteiger partial charge in [-0.15, -0.1) is 0 Å². The molecule has 0 aliphatic carbocycles. The summed E-state index contributed by atoms with van der Waals surface area (Å²) in [5.41, 5.74) is 0.743. The topological polar surface area (TPSA) is 32.3 Å². The summed E-state index contributed by atoms with van der Waals surface area (Å²) in [6.45, 7) is 8.43. The molecule has 0 aliphatic heterocycles. The van der Waals surface area contributed by atoms with Crippen LogP contribution in [0, 0.1) is 0 Å². The molecule has 0 bridgehead atoms. The lowest BCUT2D eigenvalue weighted by atomic mass is 10.3. The van der Waals surface area contributed by atoms with Crippen molar-refractivity contribution in [2.24, 2.45) is 0 Å². The van der Waals surface area contributed by atoms with Gasteiger partial charge in [0.05, 0.1) is 5.69 Å². The summed E-state index contributed by atoms with van der Waals surface area (Å²) in [6.07, 6.45) is 1.06. The molecule has 1 N–H and O–H groups in total. The van der Waals surface area contributed by atoms with Crippen LogP contribution in [-0.2, 0) is 0 Å². The second kappa shape index (κ2) is 7.85. The Balaban J connectivity index is 2.37. The molecule has 0 unspecified atom stereocenters. The quantitative estimate of drug-likeness (QED) is 0.734. The zero-order valence-corrected chi connectivity index (χ0v) is 10.8. The van der Waals surface area contributed by atoms with Crippen molar-refractivity contribution < 1.29 is 0 Å². The Hall–Kier alpha value is -1.35. The third kappa shape index (κ3) is 5.00. The van der Waals surface area contributed by atoms with Crippen LogP contribution in [0.25, 0.3) is 0 Å². The maximum atomic E-state index is 11.6. The Bertz CT molecular complexity index is 375. The van der Waals surface area contributed by atoms with Crippen LogP contribution in [0.5, 0.6) is 0 Å². The van der Waals surface area contributed by atoms with E-state index in [2.05, 4.69) is 24.1 Å². The second-order valence-corrected chi connectivity index (χ2v) is 4.00. The number of nitrogens with zero attached hydrogens (tertiary/aromatic N) is 1. The summed E-state index contributed by atoms with van der Waals surface area (Å²) < 4.78 is 0. The van der Waals surface area contributed by atoms with Gasteiger partial charge in [0.2, 0.25) is 5.43 Å². The maximum Gasteiger partial charge on any atom is 0.201 e. The highest BCUT2D eigenvalue weighted by atomic mass is 16.1. The third-order valence-electron chi connectivity index (χ3n) is 2.86. The molecule has 94 valence electrons. The third-order valence-corrected chi connectivity index (χ3v) is 2.86. The lowest BCUT2D eigenvalue weighted by Gasteiger charge is -2.17. The highest BCUT2D eigenvalue weighted by Crippen LogP contribution is 1.98. The average molecular weight is 234 g/mol. The monoisotopic (exact) mass is 234 g/mol. The minimum atomic E-state index is 0.0536. The van der Waals surface area contributed by atoms with Crippen LogP contribution >= 0.6 is 0 Å². The molecule has 0 radical (unpaired) electrons.